The molecule has 6 heteroatoms. The second-order valence-corrected chi connectivity index (χ2v) is 5.58. The summed E-state index contributed by atoms with van der Waals surface area (Å²) in [6, 6.07) is 15.9. The predicted octanol–water partition coefficient (Wildman–Crippen LogP) is 3.70. The third-order valence-corrected chi connectivity index (χ3v) is 3.68. The minimum atomic E-state index is -0.837. The first-order valence-corrected chi connectivity index (χ1v) is 8.01. The Balaban J connectivity index is 0.00000312. The second kappa shape index (κ2) is 10.5. The smallest absolute Gasteiger partial charge is 0.320 e. The Morgan fingerprint density at radius 2 is 1.68 bits per heavy atom. The monoisotopic (exact) mass is 362 g/mol. The molecule has 3 N–H and O–H groups in total. The van der Waals surface area contributed by atoms with Crippen LogP contribution >= 0.6 is 12.4 Å². The molecule has 0 aliphatic rings. The first kappa shape index (κ1) is 20.7. The van der Waals surface area contributed by atoms with Gasteiger partial charge in [0.05, 0.1) is 0 Å². The Labute approximate surface area is 153 Å². The van der Waals surface area contributed by atoms with Crippen molar-refractivity contribution in [3.63, 3.8) is 0 Å². The van der Waals surface area contributed by atoms with Gasteiger partial charge in [0.25, 0.3) is 5.91 Å². The van der Waals surface area contributed by atoms with Crippen molar-refractivity contribution in [3.05, 3.63) is 65.7 Å². The number of rotatable bonds is 8. The van der Waals surface area contributed by atoms with Crippen molar-refractivity contribution in [1.29, 1.82) is 0 Å². The largest absolute Gasteiger partial charge is 0.480 e. The Bertz CT molecular complexity index is 675. The molecule has 5 nitrogen and oxygen atoms in total. The molecule has 25 heavy (non-hydrogen) atoms. The van der Waals surface area contributed by atoms with Crippen molar-refractivity contribution in [1.82, 2.24) is 5.32 Å². The number of carboxylic acids is 1. The minimum absolute atomic E-state index is 0. The van der Waals surface area contributed by atoms with Crippen LogP contribution in [0.2, 0.25) is 0 Å². The Morgan fingerprint density at radius 1 is 1.04 bits per heavy atom. The maximum atomic E-state index is 12.2. The standard InChI is InChI=1S/C19H22N2O3.ClH/c1-2-6-17(19(23)24)20-13-14-9-11-15(12-10-14)18(22)21-16-7-4-3-5-8-16;/h3-5,7-12,17,20H,2,6,13H2,1H3,(H,21,22)(H,23,24);1H. The molecule has 0 fully saturated rings. The molecular weight excluding hydrogens is 340 g/mol. The van der Waals surface area contributed by atoms with Crippen molar-refractivity contribution in [2.24, 2.45) is 0 Å². The highest BCUT2D eigenvalue weighted by Crippen LogP contribution is 2.10. The number of carbonyl (C=O) groups is 2. The van der Waals surface area contributed by atoms with Crippen LogP contribution in [-0.4, -0.2) is 23.0 Å². The molecule has 0 heterocycles. The number of hydrogen-bond donors (Lipinski definition) is 3. The third-order valence-electron chi connectivity index (χ3n) is 3.68. The van der Waals surface area contributed by atoms with E-state index in [1.54, 1.807) is 12.1 Å². The molecule has 1 unspecified atom stereocenters. The van der Waals surface area contributed by atoms with Crippen LogP contribution in [0.15, 0.2) is 54.6 Å². The molecule has 0 aliphatic heterocycles. The maximum Gasteiger partial charge on any atom is 0.320 e. The van der Waals surface area contributed by atoms with Gasteiger partial charge in [0, 0.05) is 17.8 Å². The molecule has 1 amide bonds. The molecule has 1 atom stereocenters. The van der Waals surface area contributed by atoms with Crippen LogP contribution < -0.4 is 10.6 Å². The number of nitrogens with one attached hydrogen (secondary N) is 2. The number of hydrogen-bond acceptors (Lipinski definition) is 3. The number of anilines is 1. The number of halogens is 1. The molecule has 0 aromatic heterocycles. The van der Waals surface area contributed by atoms with E-state index in [9.17, 15) is 9.59 Å². The van der Waals surface area contributed by atoms with Crippen molar-refractivity contribution in [3.8, 4) is 0 Å². The fourth-order valence-corrected chi connectivity index (χ4v) is 2.34. The summed E-state index contributed by atoms with van der Waals surface area (Å²) in [5, 5.41) is 15.0. The van der Waals surface area contributed by atoms with E-state index < -0.39 is 12.0 Å². The highest BCUT2D eigenvalue weighted by atomic mass is 35.5. The van der Waals surface area contributed by atoms with E-state index in [2.05, 4.69) is 10.6 Å². The van der Waals surface area contributed by atoms with Crippen molar-refractivity contribution in [2.75, 3.05) is 5.32 Å². The summed E-state index contributed by atoms with van der Waals surface area (Å²) in [6.45, 7) is 2.41. The molecule has 0 saturated carbocycles. The van der Waals surface area contributed by atoms with Gasteiger partial charge in [-0.05, 0) is 36.2 Å². The van der Waals surface area contributed by atoms with E-state index in [-0.39, 0.29) is 18.3 Å². The van der Waals surface area contributed by atoms with Crippen molar-refractivity contribution >= 4 is 30.0 Å². The molecule has 0 saturated heterocycles. The number of carboxylic acid groups (broad SMARTS) is 1. The van der Waals surface area contributed by atoms with Crippen LogP contribution in [-0.2, 0) is 11.3 Å². The Morgan fingerprint density at radius 3 is 2.24 bits per heavy atom. The van der Waals surface area contributed by atoms with Gasteiger partial charge in [-0.25, -0.2) is 0 Å². The lowest BCUT2D eigenvalue weighted by Gasteiger charge is -2.13. The molecule has 2 aromatic rings. The molecule has 2 rings (SSSR count). The maximum absolute atomic E-state index is 12.2. The molecule has 0 spiro atoms. The summed E-state index contributed by atoms with van der Waals surface area (Å²) >= 11 is 0. The number of carbonyl (C=O) groups excluding carboxylic acids is 1. The summed E-state index contributed by atoms with van der Waals surface area (Å²) in [5.41, 5.74) is 2.25. The molecule has 2 aromatic carbocycles. The molecule has 0 aliphatic carbocycles. The van der Waals surface area contributed by atoms with Crippen molar-refractivity contribution < 1.29 is 14.7 Å². The van der Waals surface area contributed by atoms with Crippen LogP contribution in [0.25, 0.3) is 0 Å². The van der Waals surface area contributed by atoms with E-state index in [1.165, 1.54) is 0 Å². The summed E-state index contributed by atoms with van der Waals surface area (Å²) < 4.78 is 0. The highest BCUT2D eigenvalue weighted by molar-refractivity contribution is 6.04. The first-order valence-electron chi connectivity index (χ1n) is 8.01. The van der Waals surface area contributed by atoms with Crippen LogP contribution in [0.5, 0.6) is 0 Å². The number of para-hydroxylation sites is 1. The zero-order valence-corrected chi connectivity index (χ0v) is 14.9. The third kappa shape index (κ3) is 6.57. The molecular formula is C19H23ClN2O3. The fraction of sp³-hybridized carbons (Fsp3) is 0.263. The minimum Gasteiger partial charge on any atom is -0.480 e. The lowest BCUT2D eigenvalue weighted by Crippen LogP contribution is -2.35. The predicted molar refractivity (Wildman–Crippen MR) is 101 cm³/mol. The van der Waals surface area contributed by atoms with Gasteiger partial charge < -0.3 is 15.7 Å². The van der Waals surface area contributed by atoms with Crippen molar-refractivity contribution in [2.45, 2.75) is 32.4 Å². The van der Waals surface area contributed by atoms with Crippen LogP contribution in [0, 0.1) is 0 Å². The first-order chi connectivity index (χ1) is 11.6. The number of amides is 1. The van der Waals surface area contributed by atoms with E-state index in [4.69, 9.17) is 5.11 Å². The van der Waals surface area contributed by atoms with E-state index >= 15 is 0 Å². The zero-order valence-electron chi connectivity index (χ0n) is 14.1. The van der Waals surface area contributed by atoms with E-state index in [1.807, 2.05) is 49.4 Å². The van der Waals surface area contributed by atoms with Crippen LogP contribution in [0.1, 0.15) is 35.7 Å². The lowest BCUT2D eigenvalue weighted by molar-refractivity contribution is -0.139. The highest BCUT2D eigenvalue weighted by Gasteiger charge is 2.15. The normalized spacial score (nSPS) is 11.2. The van der Waals surface area contributed by atoms with E-state index in [0.717, 1.165) is 17.7 Å². The SMILES string of the molecule is CCCC(NCc1ccc(C(=O)Nc2ccccc2)cc1)C(=O)O.Cl. The topological polar surface area (TPSA) is 78.4 Å². The van der Waals surface area contributed by atoms with Crippen LogP contribution in [0.3, 0.4) is 0 Å². The van der Waals surface area contributed by atoms with Gasteiger partial charge in [-0.15, -0.1) is 12.4 Å². The Kier molecular flexibility index (Phi) is 8.67. The lowest BCUT2D eigenvalue weighted by atomic mass is 10.1. The molecule has 134 valence electrons. The fourth-order valence-electron chi connectivity index (χ4n) is 2.34. The van der Waals surface area contributed by atoms with Gasteiger partial charge >= 0.3 is 5.97 Å². The zero-order chi connectivity index (χ0) is 17.4. The second-order valence-electron chi connectivity index (χ2n) is 5.58. The van der Waals surface area contributed by atoms with E-state index in [0.29, 0.717) is 18.5 Å². The average Bonchev–Trinajstić information content (AvgIpc) is 2.59. The van der Waals surface area contributed by atoms with Gasteiger partial charge in [-0.2, -0.15) is 0 Å². The van der Waals surface area contributed by atoms with Gasteiger partial charge in [-0.1, -0.05) is 43.7 Å². The molecule has 0 radical (unpaired) electrons. The number of aliphatic carboxylic acids is 1. The van der Waals surface area contributed by atoms with Gasteiger partial charge in [0.2, 0.25) is 0 Å². The molecule has 0 bridgehead atoms. The Hall–Kier alpha value is -2.37. The van der Waals surface area contributed by atoms with Gasteiger partial charge in [-0.3, -0.25) is 9.59 Å². The average molecular weight is 363 g/mol. The number of benzene rings is 2. The van der Waals surface area contributed by atoms with Crippen LogP contribution in [0.4, 0.5) is 5.69 Å². The summed E-state index contributed by atoms with van der Waals surface area (Å²) in [4.78, 5) is 23.3. The quantitative estimate of drug-likeness (QED) is 0.669. The summed E-state index contributed by atoms with van der Waals surface area (Å²) in [5.74, 6) is -1.01. The van der Waals surface area contributed by atoms with Gasteiger partial charge in [0.1, 0.15) is 6.04 Å². The summed E-state index contributed by atoms with van der Waals surface area (Å²) in [7, 11) is 0. The van der Waals surface area contributed by atoms with Gasteiger partial charge in [0.15, 0.2) is 0 Å². The summed E-state index contributed by atoms with van der Waals surface area (Å²) in [6.07, 6.45) is 1.40.